The number of nitrogens with zero attached hydrogens (tertiary/aromatic N) is 2. The second-order valence-electron chi connectivity index (χ2n) is 4.23. The molecule has 1 fully saturated rings. The molecular weight excluding hydrogens is 230 g/mol. The Bertz CT molecular complexity index is 366. The molecular formula is C10H14ClN3S. The first kappa shape index (κ1) is 11.0. The van der Waals surface area contributed by atoms with Crippen molar-refractivity contribution in [3.8, 4) is 0 Å². The predicted octanol–water partition coefficient (Wildman–Crippen LogP) is 3.06. The molecule has 0 saturated heterocycles. The standard InChI is InChI=1S/C10H14ClN3S/c1-10(3-4-10)6-12-8-5-7(11)13-9(14-8)15-2/h5H,3-4,6H2,1-2H3,(H,12,13,14). The van der Waals surface area contributed by atoms with Gasteiger partial charge >= 0.3 is 0 Å². The molecule has 5 heteroatoms. The van der Waals surface area contributed by atoms with Crippen molar-refractivity contribution in [3.63, 3.8) is 0 Å². The molecule has 0 amide bonds. The zero-order valence-corrected chi connectivity index (χ0v) is 10.5. The van der Waals surface area contributed by atoms with Gasteiger partial charge in [0.25, 0.3) is 0 Å². The van der Waals surface area contributed by atoms with Crippen molar-refractivity contribution in [3.05, 3.63) is 11.2 Å². The van der Waals surface area contributed by atoms with Crippen molar-refractivity contribution in [2.24, 2.45) is 5.41 Å². The van der Waals surface area contributed by atoms with Crippen molar-refractivity contribution in [2.75, 3.05) is 18.1 Å². The van der Waals surface area contributed by atoms with E-state index in [0.717, 1.165) is 12.4 Å². The van der Waals surface area contributed by atoms with Gasteiger partial charge in [0, 0.05) is 12.6 Å². The van der Waals surface area contributed by atoms with Gasteiger partial charge in [-0.3, -0.25) is 0 Å². The summed E-state index contributed by atoms with van der Waals surface area (Å²) in [6, 6.07) is 1.77. The van der Waals surface area contributed by atoms with E-state index < -0.39 is 0 Å². The molecule has 3 nitrogen and oxygen atoms in total. The number of rotatable bonds is 4. The summed E-state index contributed by atoms with van der Waals surface area (Å²) in [5.74, 6) is 0.826. The maximum Gasteiger partial charge on any atom is 0.190 e. The minimum atomic E-state index is 0.469. The van der Waals surface area contributed by atoms with Crippen LogP contribution in [0.4, 0.5) is 5.82 Å². The van der Waals surface area contributed by atoms with Crippen molar-refractivity contribution >= 4 is 29.2 Å². The summed E-state index contributed by atoms with van der Waals surface area (Å²) >= 11 is 7.39. The third kappa shape index (κ3) is 2.98. The molecule has 0 unspecified atom stereocenters. The summed E-state index contributed by atoms with van der Waals surface area (Å²) in [5, 5.41) is 4.53. The molecule has 15 heavy (non-hydrogen) atoms. The van der Waals surface area contributed by atoms with Crippen molar-refractivity contribution < 1.29 is 0 Å². The van der Waals surface area contributed by atoms with Crippen LogP contribution in [0.25, 0.3) is 0 Å². The molecule has 0 atom stereocenters. The molecule has 0 radical (unpaired) electrons. The molecule has 1 saturated carbocycles. The van der Waals surface area contributed by atoms with Crippen molar-refractivity contribution in [2.45, 2.75) is 24.9 Å². The molecule has 1 N–H and O–H groups in total. The van der Waals surface area contributed by atoms with E-state index in [9.17, 15) is 0 Å². The van der Waals surface area contributed by atoms with E-state index in [-0.39, 0.29) is 0 Å². The minimum absolute atomic E-state index is 0.469. The van der Waals surface area contributed by atoms with E-state index in [1.54, 1.807) is 6.07 Å². The fourth-order valence-electron chi connectivity index (χ4n) is 1.27. The third-order valence-corrected chi connectivity index (χ3v) is 3.40. The van der Waals surface area contributed by atoms with Crippen LogP contribution in [0, 0.1) is 5.41 Å². The Morgan fingerprint density at radius 1 is 1.53 bits per heavy atom. The maximum absolute atomic E-state index is 5.89. The molecule has 82 valence electrons. The minimum Gasteiger partial charge on any atom is -0.369 e. The van der Waals surface area contributed by atoms with Crippen LogP contribution in [-0.2, 0) is 0 Å². The summed E-state index contributed by atoms with van der Waals surface area (Å²) in [6.45, 7) is 3.24. The normalized spacial score (nSPS) is 17.5. The lowest BCUT2D eigenvalue weighted by molar-refractivity contribution is 0.608. The van der Waals surface area contributed by atoms with E-state index >= 15 is 0 Å². The van der Waals surface area contributed by atoms with E-state index in [2.05, 4.69) is 22.2 Å². The van der Waals surface area contributed by atoms with Crippen LogP contribution in [0.5, 0.6) is 0 Å². The molecule has 1 aromatic rings. The number of hydrogen-bond acceptors (Lipinski definition) is 4. The van der Waals surface area contributed by atoms with Crippen LogP contribution in [0.2, 0.25) is 5.15 Å². The van der Waals surface area contributed by atoms with E-state index in [4.69, 9.17) is 11.6 Å². The van der Waals surface area contributed by atoms with Gasteiger partial charge < -0.3 is 5.32 Å². The first-order valence-corrected chi connectivity index (χ1v) is 6.54. The Balaban J connectivity index is 2.03. The van der Waals surface area contributed by atoms with E-state index in [1.807, 2.05) is 6.26 Å². The predicted molar refractivity (Wildman–Crippen MR) is 64.7 cm³/mol. The van der Waals surface area contributed by atoms with E-state index in [0.29, 0.717) is 15.7 Å². The topological polar surface area (TPSA) is 37.8 Å². The Morgan fingerprint density at radius 3 is 2.87 bits per heavy atom. The average Bonchev–Trinajstić information content (AvgIpc) is 2.94. The van der Waals surface area contributed by atoms with Gasteiger partial charge in [-0.05, 0) is 24.5 Å². The molecule has 1 heterocycles. The number of nitrogens with one attached hydrogen (secondary N) is 1. The highest BCUT2D eigenvalue weighted by molar-refractivity contribution is 7.98. The molecule has 1 aliphatic carbocycles. The Hall–Kier alpha value is -0.480. The summed E-state index contributed by atoms with van der Waals surface area (Å²) < 4.78 is 0. The number of halogens is 1. The van der Waals surface area contributed by atoms with Gasteiger partial charge in [0.15, 0.2) is 5.16 Å². The summed E-state index contributed by atoms with van der Waals surface area (Å²) in [5.41, 5.74) is 0.469. The lowest BCUT2D eigenvalue weighted by Crippen LogP contribution is -2.13. The van der Waals surface area contributed by atoms with Crippen LogP contribution in [0.3, 0.4) is 0 Å². The van der Waals surface area contributed by atoms with Gasteiger partial charge in [-0.2, -0.15) is 0 Å². The number of hydrogen-bond donors (Lipinski definition) is 1. The van der Waals surface area contributed by atoms with Crippen LogP contribution in [0.1, 0.15) is 19.8 Å². The summed E-state index contributed by atoms with van der Waals surface area (Å²) in [7, 11) is 0. The zero-order valence-electron chi connectivity index (χ0n) is 8.88. The highest BCUT2D eigenvalue weighted by Gasteiger charge is 2.36. The number of aromatic nitrogens is 2. The monoisotopic (exact) mass is 243 g/mol. The van der Waals surface area contributed by atoms with Gasteiger partial charge in [-0.15, -0.1) is 0 Å². The summed E-state index contributed by atoms with van der Waals surface area (Å²) in [4.78, 5) is 8.43. The molecule has 0 aliphatic heterocycles. The second-order valence-corrected chi connectivity index (χ2v) is 5.39. The molecule has 0 spiro atoms. The highest BCUT2D eigenvalue weighted by Crippen LogP contribution is 2.44. The second kappa shape index (κ2) is 4.18. The van der Waals surface area contributed by atoms with Crippen LogP contribution < -0.4 is 5.32 Å². The fourth-order valence-corrected chi connectivity index (χ4v) is 1.89. The first-order chi connectivity index (χ1) is 7.11. The van der Waals surface area contributed by atoms with Gasteiger partial charge in [0.2, 0.25) is 0 Å². The first-order valence-electron chi connectivity index (χ1n) is 4.94. The zero-order chi connectivity index (χ0) is 10.9. The lowest BCUT2D eigenvalue weighted by atomic mass is 10.1. The summed E-state index contributed by atoms with van der Waals surface area (Å²) in [6.07, 6.45) is 4.54. The molecule has 1 aliphatic rings. The van der Waals surface area contributed by atoms with Gasteiger partial charge in [-0.25, -0.2) is 9.97 Å². The quantitative estimate of drug-likeness (QED) is 0.501. The molecule has 0 bridgehead atoms. The molecule has 1 aromatic heterocycles. The molecule has 0 aromatic carbocycles. The highest BCUT2D eigenvalue weighted by atomic mass is 35.5. The fraction of sp³-hybridized carbons (Fsp3) is 0.600. The number of thioether (sulfide) groups is 1. The average molecular weight is 244 g/mol. The smallest absolute Gasteiger partial charge is 0.190 e. The van der Waals surface area contributed by atoms with Crippen molar-refractivity contribution in [1.29, 1.82) is 0 Å². The van der Waals surface area contributed by atoms with Crippen LogP contribution >= 0.6 is 23.4 Å². The number of anilines is 1. The van der Waals surface area contributed by atoms with Gasteiger partial charge in [0.1, 0.15) is 11.0 Å². The van der Waals surface area contributed by atoms with Crippen LogP contribution in [-0.4, -0.2) is 22.8 Å². The van der Waals surface area contributed by atoms with Gasteiger partial charge in [-0.1, -0.05) is 30.3 Å². The Labute approximate surface area is 99.0 Å². The Kier molecular flexibility index (Phi) is 3.07. The SMILES string of the molecule is CSc1nc(Cl)cc(NCC2(C)CC2)n1. The largest absolute Gasteiger partial charge is 0.369 e. The maximum atomic E-state index is 5.89. The Morgan fingerprint density at radius 2 is 2.27 bits per heavy atom. The molecule has 2 rings (SSSR count). The van der Waals surface area contributed by atoms with E-state index in [1.165, 1.54) is 24.6 Å². The third-order valence-electron chi connectivity index (χ3n) is 2.66. The van der Waals surface area contributed by atoms with Gasteiger partial charge in [0.05, 0.1) is 0 Å². The van der Waals surface area contributed by atoms with Crippen LogP contribution in [0.15, 0.2) is 11.2 Å². The lowest BCUT2D eigenvalue weighted by Gasteiger charge is -2.11. The van der Waals surface area contributed by atoms with Crippen molar-refractivity contribution in [1.82, 2.24) is 9.97 Å².